The highest BCUT2D eigenvalue weighted by atomic mass is 79.9. The molecule has 2 aliphatic rings. The van der Waals surface area contributed by atoms with E-state index >= 15 is 4.39 Å². The van der Waals surface area contributed by atoms with Gasteiger partial charge < -0.3 is 44.3 Å². The van der Waals surface area contributed by atoms with Crippen molar-refractivity contribution < 1.29 is 28.6 Å². The van der Waals surface area contributed by atoms with Gasteiger partial charge in [0.25, 0.3) is 0 Å². The van der Waals surface area contributed by atoms with Crippen LogP contribution in [0.2, 0.25) is 0 Å². The zero-order chi connectivity index (χ0) is 48.5. The Morgan fingerprint density at radius 3 is 1.40 bits per heavy atom. The van der Waals surface area contributed by atoms with Gasteiger partial charge in [0.1, 0.15) is 22.8 Å². The van der Waals surface area contributed by atoms with Crippen LogP contribution >= 0.6 is 15.9 Å². The third-order valence-electron chi connectivity index (χ3n) is 12.1. The highest BCUT2D eigenvalue weighted by Crippen LogP contribution is 2.28. The fraction of sp³-hybridized carbons (Fsp3) is 0.360. The lowest BCUT2D eigenvalue weighted by Crippen LogP contribution is -2.46. The topological polar surface area (TPSA) is 147 Å². The van der Waals surface area contributed by atoms with Crippen molar-refractivity contribution in [1.82, 2.24) is 19.4 Å². The highest BCUT2D eigenvalue weighted by molar-refractivity contribution is 9.08. The van der Waals surface area contributed by atoms with Gasteiger partial charge in [-0.05, 0) is 73.5 Å². The number of carboxylic acid groups (broad SMARTS) is 2. The van der Waals surface area contributed by atoms with Gasteiger partial charge in [-0.3, -0.25) is 14.5 Å². The van der Waals surface area contributed by atoms with Crippen molar-refractivity contribution in [2.24, 2.45) is 0 Å². The molecule has 4 aromatic carbocycles. The molecular formula is C50H59BrF2N8O6. The molecular weight excluding hydrogens is 926 g/mol. The van der Waals surface area contributed by atoms with Crippen molar-refractivity contribution in [3.05, 3.63) is 140 Å². The molecule has 8 rings (SSSR count). The number of anilines is 4. The molecule has 0 spiro atoms. The summed E-state index contributed by atoms with van der Waals surface area (Å²) in [6, 6.07) is 22.7. The van der Waals surface area contributed by atoms with E-state index in [-0.39, 0.29) is 21.9 Å². The lowest BCUT2D eigenvalue weighted by Gasteiger charge is -2.36. The van der Waals surface area contributed by atoms with E-state index < -0.39 is 34.4 Å². The van der Waals surface area contributed by atoms with Crippen LogP contribution in [-0.4, -0.2) is 117 Å². The van der Waals surface area contributed by atoms with E-state index in [1.165, 1.54) is 35.3 Å². The van der Waals surface area contributed by atoms with Crippen LogP contribution in [0.5, 0.6) is 0 Å². The molecule has 14 nitrogen and oxygen atoms in total. The summed E-state index contributed by atoms with van der Waals surface area (Å²) in [7, 11) is 8.13. The predicted octanol–water partition coefficient (Wildman–Crippen LogP) is 7.16. The van der Waals surface area contributed by atoms with Gasteiger partial charge in [0.15, 0.2) is 0 Å². The van der Waals surface area contributed by atoms with Crippen molar-refractivity contribution in [1.29, 1.82) is 0 Å². The molecule has 6 aromatic rings. The van der Waals surface area contributed by atoms with E-state index in [4.69, 9.17) is 5.11 Å². The number of carboxylic acids is 2. The number of benzene rings is 4. The van der Waals surface area contributed by atoms with Gasteiger partial charge in [0.2, 0.25) is 10.9 Å². The Morgan fingerprint density at radius 1 is 0.627 bits per heavy atom. The molecule has 17 heteroatoms. The molecule has 0 bridgehead atoms. The maximum absolute atomic E-state index is 15.0. The number of piperazine rings is 2. The van der Waals surface area contributed by atoms with Crippen molar-refractivity contribution in [3.8, 4) is 0 Å². The van der Waals surface area contributed by atoms with E-state index in [2.05, 4.69) is 84.5 Å². The lowest BCUT2D eigenvalue weighted by molar-refractivity contribution is 0.0684. The Bertz CT molecular complexity index is 2820. The minimum atomic E-state index is -1.30. The number of aryl methyl sites for hydroxylation is 2. The molecule has 2 saturated heterocycles. The van der Waals surface area contributed by atoms with Gasteiger partial charge in [-0.25, -0.2) is 18.4 Å². The zero-order valence-corrected chi connectivity index (χ0v) is 40.4. The van der Waals surface area contributed by atoms with Gasteiger partial charge >= 0.3 is 11.9 Å². The Morgan fingerprint density at radius 2 is 1.03 bits per heavy atom. The van der Waals surface area contributed by atoms with Crippen LogP contribution in [0.15, 0.2) is 94.8 Å². The van der Waals surface area contributed by atoms with Gasteiger partial charge in [0, 0.05) is 140 Å². The average molecular weight is 986 g/mol. The smallest absolute Gasteiger partial charge is 0.341 e. The number of nitrogens with zero attached hydrogens (tertiary/aromatic N) is 7. The average Bonchev–Trinajstić information content (AvgIpc) is 3.32. The number of alkyl halides is 1. The first-order valence-corrected chi connectivity index (χ1v) is 23.4. The molecule has 0 amide bonds. The molecule has 356 valence electrons. The second-order valence-electron chi connectivity index (χ2n) is 16.8. The molecule has 3 N–H and O–H groups in total. The lowest BCUT2D eigenvalue weighted by atomic mass is 10.1. The fourth-order valence-corrected chi connectivity index (χ4v) is 8.58. The molecule has 4 heterocycles. The number of hydrogen-bond acceptors (Lipinski definition) is 10. The number of aromatic nitrogens is 2. The van der Waals surface area contributed by atoms with E-state index in [9.17, 15) is 28.7 Å². The minimum Gasteiger partial charge on any atom is -0.477 e. The van der Waals surface area contributed by atoms with E-state index in [1.807, 2.05) is 51.8 Å². The van der Waals surface area contributed by atoms with Crippen molar-refractivity contribution in [2.45, 2.75) is 38.8 Å². The van der Waals surface area contributed by atoms with Crippen molar-refractivity contribution in [2.75, 3.05) is 100 Å². The molecule has 0 aliphatic carbocycles. The summed E-state index contributed by atoms with van der Waals surface area (Å²) in [5, 5.41) is 22.8. The third-order valence-corrected chi connectivity index (χ3v) is 12.7. The maximum Gasteiger partial charge on any atom is 0.341 e. The number of rotatable bonds is 11. The minimum absolute atomic E-state index is 0.0952. The Labute approximate surface area is 397 Å². The first kappa shape index (κ1) is 50.1. The monoisotopic (exact) mass is 984 g/mol. The fourth-order valence-electron chi connectivity index (χ4n) is 8.20. The van der Waals surface area contributed by atoms with Gasteiger partial charge in [-0.15, -0.1) is 0 Å². The van der Waals surface area contributed by atoms with Crippen LogP contribution in [-0.2, 0) is 25.0 Å². The molecule has 0 atom stereocenters. The van der Waals surface area contributed by atoms with Crippen LogP contribution in [0, 0.1) is 11.6 Å². The molecule has 2 aromatic heterocycles. The number of pyridine rings is 2. The zero-order valence-electron chi connectivity index (χ0n) is 38.9. The molecule has 67 heavy (non-hydrogen) atoms. The summed E-state index contributed by atoms with van der Waals surface area (Å²) < 4.78 is 32.9. The third kappa shape index (κ3) is 11.8. The molecule has 0 saturated carbocycles. The second kappa shape index (κ2) is 22.5. The molecule has 2 fully saturated rings. The van der Waals surface area contributed by atoms with Crippen LogP contribution < -0.4 is 35.8 Å². The second-order valence-corrected chi connectivity index (χ2v) is 17.4. The number of carbonyl (C=O) groups is 2. The predicted molar refractivity (Wildman–Crippen MR) is 268 cm³/mol. The van der Waals surface area contributed by atoms with Crippen LogP contribution in [0.1, 0.15) is 45.7 Å². The summed E-state index contributed by atoms with van der Waals surface area (Å²) in [6.07, 6.45) is 2.67. The van der Waals surface area contributed by atoms with Crippen LogP contribution in [0.4, 0.5) is 31.5 Å². The summed E-state index contributed by atoms with van der Waals surface area (Å²) in [4.78, 5) is 57.9. The summed E-state index contributed by atoms with van der Waals surface area (Å²) in [5.41, 5.74) is 4.97. The number of nitrogens with one attached hydrogen (secondary N) is 1. The SMILES string of the molecule is CCn1cc(C(=O)O)c(=O)c2cc(F)c(N3CCN(Cc4ccc(N(C)C)cc4)CC3)cc21.CCn1cc(C(=O)O)c(=O)c2cc(F)c(N3CCNCC3)cc21.CN(C)c1ccc(CBr)cc1. The first-order chi connectivity index (χ1) is 32.0. The Hall–Kier alpha value is -6.30. The molecule has 2 aliphatic heterocycles. The first-order valence-electron chi connectivity index (χ1n) is 22.3. The quantitative estimate of drug-likeness (QED) is 0.113. The molecule has 0 unspecified atom stereocenters. The van der Waals surface area contributed by atoms with E-state index in [1.54, 1.807) is 21.3 Å². The van der Waals surface area contributed by atoms with Crippen LogP contribution in [0.3, 0.4) is 0 Å². The number of hydrogen-bond donors (Lipinski definition) is 3. The largest absolute Gasteiger partial charge is 0.477 e. The normalized spacial score (nSPS) is 14.0. The number of aromatic carboxylic acids is 2. The van der Waals surface area contributed by atoms with Crippen LogP contribution in [0.25, 0.3) is 21.8 Å². The van der Waals surface area contributed by atoms with Gasteiger partial charge in [-0.2, -0.15) is 0 Å². The van der Waals surface area contributed by atoms with E-state index in [0.717, 1.165) is 49.8 Å². The number of fused-ring (bicyclic) bond motifs is 2. The summed E-state index contributed by atoms with van der Waals surface area (Å²) >= 11 is 3.41. The Kier molecular flexibility index (Phi) is 16.8. The number of halogens is 3. The maximum atomic E-state index is 15.0. The highest BCUT2D eigenvalue weighted by Gasteiger charge is 2.24. The summed E-state index contributed by atoms with van der Waals surface area (Å²) in [5.74, 6) is -3.61. The van der Waals surface area contributed by atoms with Gasteiger partial charge in [0.05, 0.1) is 22.4 Å². The Balaban J connectivity index is 0.000000188. The van der Waals surface area contributed by atoms with Crippen molar-refractivity contribution >= 4 is 72.4 Å². The summed E-state index contributed by atoms with van der Waals surface area (Å²) in [6.45, 7) is 11.4. The molecule has 0 radical (unpaired) electrons. The van der Waals surface area contributed by atoms with E-state index in [0.29, 0.717) is 61.7 Å². The standard InChI is InChI=1S/C25H29FN4O3.C16H18FN3O3.C9H12BrN/c1-4-29-16-20(25(32)33)24(31)19-13-21(26)23(14-22(19)29)30-11-9-28(10-12-30)15-17-5-7-18(8-6-17)27(2)3;1-2-19-9-11(16(22)23)15(21)10-7-12(17)14(8-13(10)19)20-5-3-18-4-6-20;1-11(2)9-5-3-8(7-10)4-6-9/h5-8,13-14,16H,4,9-12,15H2,1-3H3,(H,32,33);7-9,18H,2-6H2,1H3,(H,22,23);3-6H,7H2,1-2H3. The van der Waals surface area contributed by atoms with Crippen molar-refractivity contribution in [3.63, 3.8) is 0 Å². The van der Waals surface area contributed by atoms with Gasteiger partial charge in [-0.1, -0.05) is 40.2 Å².